The van der Waals surface area contributed by atoms with E-state index in [1.54, 1.807) is 6.08 Å². The first kappa shape index (κ1) is 15.3. The van der Waals surface area contributed by atoms with E-state index in [1.165, 1.54) is 6.08 Å². The molecule has 0 atom stereocenters. The van der Waals surface area contributed by atoms with Crippen molar-refractivity contribution >= 4 is 22.8 Å². The molecule has 4 rings (SSSR count). The molecule has 0 N–H and O–H groups in total. The number of carbonyl (C=O) groups is 1. The van der Waals surface area contributed by atoms with Crippen LogP contribution in [-0.2, 0) is 16.1 Å². The lowest BCUT2D eigenvalue weighted by molar-refractivity contribution is -0.138. The normalized spacial score (nSPS) is 12.6. The van der Waals surface area contributed by atoms with Gasteiger partial charge in [0.2, 0.25) is 6.79 Å². The van der Waals surface area contributed by atoms with Crippen molar-refractivity contribution in [3.05, 3.63) is 77.9 Å². The molecule has 1 aliphatic heterocycles. The van der Waals surface area contributed by atoms with Gasteiger partial charge in [0.05, 0.1) is 0 Å². The number of fused-ring (bicyclic) bond motifs is 2. The van der Waals surface area contributed by atoms with Crippen LogP contribution in [0.3, 0.4) is 0 Å². The average Bonchev–Trinajstić information content (AvgIpc) is 3.12. The predicted molar refractivity (Wildman–Crippen MR) is 95.3 cm³/mol. The van der Waals surface area contributed by atoms with E-state index >= 15 is 0 Å². The summed E-state index contributed by atoms with van der Waals surface area (Å²) >= 11 is 0. The first-order chi connectivity index (χ1) is 12.3. The minimum atomic E-state index is -0.384. The minimum Gasteiger partial charge on any atom is -0.458 e. The second kappa shape index (κ2) is 6.69. The van der Waals surface area contributed by atoms with E-state index in [0.29, 0.717) is 5.75 Å². The first-order valence-corrected chi connectivity index (χ1v) is 8.01. The smallest absolute Gasteiger partial charge is 0.331 e. The lowest BCUT2D eigenvalue weighted by Gasteiger charge is -2.06. The van der Waals surface area contributed by atoms with E-state index in [2.05, 4.69) is 0 Å². The standard InChI is InChI=1S/C21H16O4/c22-21(11-9-15-8-10-19-20(12-15)25-14-24-19)23-13-17-6-3-5-16-4-1-2-7-18(16)17/h1-12H,13-14H2. The maximum Gasteiger partial charge on any atom is 0.331 e. The molecule has 0 spiro atoms. The molecule has 0 saturated heterocycles. The van der Waals surface area contributed by atoms with Gasteiger partial charge in [0.15, 0.2) is 11.5 Å². The average molecular weight is 332 g/mol. The molecule has 124 valence electrons. The van der Waals surface area contributed by atoms with Crippen molar-refractivity contribution in [1.82, 2.24) is 0 Å². The van der Waals surface area contributed by atoms with Gasteiger partial charge in [-0.25, -0.2) is 4.79 Å². The molecule has 4 nitrogen and oxygen atoms in total. The lowest BCUT2D eigenvalue weighted by Crippen LogP contribution is -2.01. The Morgan fingerprint density at radius 3 is 2.80 bits per heavy atom. The van der Waals surface area contributed by atoms with Gasteiger partial charge in [-0.3, -0.25) is 0 Å². The molecule has 3 aromatic rings. The summed E-state index contributed by atoms with van der Waals surface area (Å²) in [4.78, 5) is 12.0. The molecule has 0 saturated carbocycles. The SMILES string of the molecule is O=C(C=Cc1ccc2c(c1)OCO2)OCc1cccc2ccccc12. The molecule has 4 heteroatoms. The molecule has 0 aromatic heterocycles. The van der Waals surface area contributed by atoms with Gasteiger partial charge in [0.1, 0.15) is 6.61 Å². The fraction of sp³-hybridized carbons (Fsp3) is 0.0952. The van der Waals surface area contributed by atoms with Gasteiger partial charge in [-0.15, -0.1) is 0 Å². The van der Waals surface area contributed by atoms with Crippen LogP contribution in [0.5, 0.6) is 11.5 Å². The van der Waals surface area contributed by atoms with Crippen LogP contribution in [0.2, 0.25) is 0 Å². The van der Waals surface area contributed by atoms with Crippen LogP contribution in [-0.4, -0.2) is 12.8 Å². The Morgan fingerprint density at radius 2 is 1.84 bits per heavy atom. The third-order valence-corrected chi connectivity index (χ3v) is 4.06. The van der Waals surface area contributed by atoms with Gasteiger partial charge in [-0.2, -0.15) is 0 Å². The summed E-state index contributed by atoms with van der Waals surface area (Å²) in [5.41, 5.74) is 1.84. The highest BCUT2D eigenvalue weighted by atomic mass is 16.7. The molecular weight excluding hydrogens is 316 g/mol. The maximum absolute atomic E-state index is 12.0. The number of hydrogen-bond donors (Lipinski definition) is 0. The van der Waals surface area contributed by atoms with E-state index in [0.717, 1.165) is 27.6 Å². The Kier molecular flexibility index (Phi) is 4.09. The van der Waals surface area contributed by atoms with Crippen LogP contribution in [0.1, 0.15) is 11.1 Å². The monoisotopic (exact) mass is 332 g/mol. The predicted octanol–water partition coefficient (Wildman–Crippen LogP) is 4.33. The second-order valence-corrected chi connectivity index (χ2v) is 5.69. The zero-order valence-electron chi connectivity index (χ0n) is 13.5. The zero-order chi connectivity index (χ0) is 17.1. The van der Waals surface area contributed by atoms with E-state index in [9.17, 15) is 4.79 Å². The van der Waals surface area contributed by atoms with Crippen LogP contribution in [0.4, 0.5) is 0 Å². The van der Waals surface area contributed by atoms with Crippen molar-refractivity contribution < 1.29 is 19.0 Å². The largest absolute Gasteiger partial charge is 0.458 e. The number of hydrogen-bond acceptors (Lipinski definition) is 4. The fourth-order valence-electron chi connectivity index (χ4n) is 2.80. The number of rotatable bonds is 4. The molecule has 1 heterocycles. The van der Waals surface area contributed by atoms with Crippen molar-refractivity contribution in [3.8, 4) is 11.5 Å². The van der Waals surface area contributed by atoms with Gasteiger partial charge in [0.25, 0.3) is 0 Å². The third kappa shape index (κ3) is 3.33. The highest BCUT2D eigenvalue weighted by Crippen LogP contribution is 2.32. The Labute approximate surface area is 145 Å². The van der Waals surface area contributed by atoms with Crippen LogP contribution in [0.25, 0.3) is 16.8 Å². The molecule has 0 fully saturated rings. The second-order valence-electron chi connectivity index (χ2n) is 5.69. The Balaban J connectivity index is 1.42. The van der Waals surface area contributed by atoms with Crippen LogP contribution >= 0.6 is 0 Å². The van der Waals surface area contributed by atoms with Crippen molar-refractivity contribution in [2.24, 2.45) is 0 Å². The summed E-state index contributed by atoms with van der Waals surface area (Å²) in [5, 5.41) is 2.23. The summed E-state index contributed by atoms with van der Waals surface area (Å²) in [6.07, 6.45) is 3.12. The van der Waals surface area contributed by atoms with Crippen LogP contribution in [0.15, 0.2) is 66.7 Å². The van der Waals surface area contributed by atoms with E-state index in [-0.39, 0.29) is 19.4 Å². The number of carbonyl (C=O) groups excluding carboxylic acids is 1. The summed E-state index contributed by atoms with van der Waals surface area (Å²) < 4.78 is 16.0. The molecule has 0 amide bonds. The van der Waals surface area contributed by atoms with Gasteiger partial charge in [0, 0.05) is 6.08 Å². The fourth-order valence-corrected chi connectivity index (χ4v) is 2.80. The van der Waals surface area contributed by atoms with Crippen molar-refractivity contribution in [3.63, 3.8) is 0 Å². The van der Waals surface area contributed by atoms with Gasteiger partial charge in [-0.05, 0) is 40.1 Å². The summed E-state index contributed by atoms with van der Waals surface area (Å²) in [6.45, 7) is 0.473. The molecule has 0 bridgehead atoms. The van der Waals surface area contributed by atoms with Crippen molar-refractivity contribution in [2.45, 2.75) is 6.61 Å². The third-order valence-electron chi connectivity index (χ3n) is 4.06. The van der Waals surface area contributed by atoms with Gasteiger partial charge in [-0.1, -0.05) is 48.5 Å². The molecule has 3 aromatic carbocycles. The summed E-state index contributed by atoms with van der Waals surface area (Å²) in [5.74, 6) is 1.02. The molecule has 25 heavy (non-hydrogen) atoms. The minimum absolute atomic E-state index is 0.232. The Morgan fingerprint density at radius 1 is 1.00 bits per heavy atom. The van der Waals surface area contributed by atoms with E-state index in [4.69, 9.17) is 14.2 Å². The highest BCUT2D eigenvalue weighted by molar-refractivity contribution is 5.88. The maximum atomic E-state index is 12.0. The molecule has 1 aliphatic rings. The van der Waals surface area contributed by atoms with Gasteiger partial charge >= 0.3 is 5.97 Å². The highest BCUT2D eigenvalue weighted by Gasteiger charge is 2.12. The summed E-state index contributed by atoms with van der Waals surface area (Å²) in [7, 11) is 0. The van der Waals surface area contributed by atoms with Crippen LogP contribution < -0.4 is 9.47 Å². The lowest BCUT2D eigenvalue weighted by atomic mass is 10.1. The van der Waals surface area contributed by atoms with Crippen LogP contribution in [0, 0.1) is 0 Å². The Bertz CT molecular complexity index is 954. The topological polar surface area (TPSA) is 44.8 Å². The molecule has 0 aliphatic carbocycles. The van der Waals surface area contributed by atoms with E-state index in [1.807, 2.05) is 60.7 Å². The number of esters is 1. The van der Waals surface area contributed by atoms with Gasteiger partial charge < -0.3 is 14.2 Å². The quantitative estimate of drug-likeness (QED) is 0.527. The van der Waals surface area contributed by atoms with Crippen molar-refractivity contribution in [2.75, 3.05) is 6.79 Å². The summed E-state index contributed by atoms with van der Waals surface area (Å²) in [6, 6.07) is 19.5. The molecule has 0 radical (unpaired) electrons. The number of benzene rings is 3. The number of ether oxygens (including phenoxy) is 3. The zero-order valence-corrected chi connectivity index (χ0v) is 13.5. The van der Waals surface area contributed by atoms with E-state index < -0.39 is 0 Å². The first-order valence-electron chi connectivity index (χ1n) is 8.01. The molecular formula is C21H16O4. The molecule has 0 unspecified atom stereocenters. The van der Waals surface area contributed by atoms with Crippen molar-refractivity contribution in [1.29, 1.82) is 0 Å². The Hall–Kier alpha value is -3.27.